The number of allylic oxidation sites excluding steroid dienone is 3. The van der Waals surface area contributed by atoms with Gasteiger partial charge in [0.2, 0.25) is 0 Å². The third-order valence-corrected chi connectivity index (χ3v) is 6.28. The monoisotopic (exact) mass is 445 g/mol. The average molecular weight is 446 g/mol. The van der Waals surface area contributed by atoms with Gasteiger partial charge in [-0.1, -0.05) is 79.9 Å². The van der Waals surface area contributed by atoms with Gasteiger partial charge in [-0.15, -0.1) is 0 Å². The molecule has 176 valence electrons. The van der Waals surface area contributed by atoms with Crippen molar-refractivity contribution in [2.75, 3.05) is 51.2 Å². The van der Waals surface area contributed by atoms with Crippen molar-refractivity contribution in [3.05, 3.63) is 103 Å². The first-order valence-electron chi connectivity index (χ1n) is 12.1. The Labute approximate surface area is 200 Å². The summed E-state index contributed by atoms with van der Waals surface area (Å²) in [4.78, 5) is 5.05. The number of hydrogen-bond acceptors (Lipinski definition) is 4. The van der Waals surface area contributed by atoms with E-state index in [1.807, 2.05) is 19.2 Å². The molecule has 0 spiro atoms. The minimum absolute atomic E-state index is 0.0891. The highest BCUT2D eigenvalue weighted by molar-refractivity contribution is 5.53. The maximum Gasteiger partial charge on any atom is 0.0841 e. The Morgan fingerprint density at radius 1 is 1.03 bits per heavy atom. The number of para-hydroxylation sites is 1. The van der Waals surface area contributed by atoms with Gasteiger partial charge in [0.1, 0.15) is 0 Å². The van der Waals surface area contributed by atoms with Crippen molar-refractivity contribution in [1.29, 1.82) is 0 Å². The van der Waals surface area contributed by atoms with Crippen LogP contribution in [0.25, 0.3) is 0 Å². The summed E-state index contributed by atoms with van der Waals surface area (Å²) in [5, 5.41) is 3.25. The molecule has 0 radical (unpaired) electrons. The van der Waals surface area contributed by atoms with E-state index in [1.54, 1.807) is 0 Å². The van der Waals surface area contributed by atoms with Gasteiger partial charge in [-0.2, -0.15) is 0 Å². The van der Waals surface area contributed by atoms with Gasteiger partial charge in [-0.25, -0.2) is 0 Å². The Morgan fingerprint density at radius 3 is 2.45 bits per heavy atom. The number of hydrogen-bond donors (Lipinski definition) is 1. The van der Waals surface area contributed by atoms with Crippen molar-refractivity contribution < 1.29 is 4.74 Å². The van der Waals surface area contributed by atoms with E-state index >= 15 is 0 Å². The van der Waals surface area contributed by atoms with Crippen LogP contribution in [0.3, 0.4) is 0 Å². The second kappa shape index (κ2) is 13.8. The molecule has 4 nitrogen and oxygen atoms in total. The van der Waals surface area contributed by atoms with E-state index in [1.165, 1.54) is 22.4 Å². The fraction of sp³-hybridized carbons (Fsp3) is 0.379. The lowest BCUT2D eigenvalue weighted by Gasteiger charge is -2.37. The van der Waals surface area contributed by atoms with Gasteiger partial charge >= 0.3 is 0 Å². The minimum Gasteiger partial charge on any atom is -0.369 e. The summed E-state index contributed by atoms with van der Waals surface area (Å²) in [5.74, 6) is 0. The molecular formula is C29H39N3O. The molecule has 0 amide bonds. The number of piperazine rings is 1. The fourth-order valence-electron chi connectivity index (χ4n) is 4.33. The topological polar surface area (TPSA) is 27.7 Å². The highest BCUT2D eigenvalue weighted by Crippen LogP contribution is 2.27. The molecule has 0 aliphatic carbocycles. The van der Waals surface area contributed by atoms with Crippen molar-refractivity contribution in [2.45, 2.75) is 25.6 Å². The maximum absolute atomic E-state index is 6.47. The molecule has 1 unspecified atom stereocenters. The zero-order valence-electron chi connectivity index (χ0n) is 20.1. The van der Waals surface area contributed by atoms with Crippen LogP contribution in [0, 0.1) is 0 Å². The quantitative estimate of drug-likeness (QED) is 0.420. The SMILES string of the molecule is C=C/C=C(\C=C)CCN1CCN(c2ccccc2COC(CCNC)c2ccccc2)CC1. The molecule has 2 aromatic rings. The molecule has 1 N–H and O–H groups in total. The second-order valence-corrected chi connectivity index (χ2v) is 8.49. The standard InChI is InChI=1S/C29H39N3O/c1-4-11-25(5-2)17-19-31-20-22-32(23-21-31)28-15-10-9-14-27(28)24-33-29(16-18-30-3)26-12-7-6-8-13-26/h4-15,29-30H,1-2,16-24H2,3H3/b25-11+. The molecule has 1 heterocycles. The zero-order valence-corrected chi connectivity index (χ0v) is 20.1. The number of benzene rings is 2. The van der Waals surface area contributed by atoms with E-state index in [4.69, 9.17) is 4.74 Å². The third-order valence-electron chi connectivity index (χ3n) is 6.28. The maximum atomic E-state index is 6.47. The summed E-state index contributed by atoms with van der Waals surface area (Å²) in [6, 6.07) is 19.2. The largest absolute Gasteiger partial charge is 0.369 e. The Kier molecular flexibility index (Phi) is 10.4. The Balaban J connectivity index is 1.58. The highest BCUT2D eigenvalue weighted by Gasteiger charge is 2.20. The summed E-state index contributed by atoms with van der Waals surface area (Å²) < 4.78 is 6.47. The number of ether oxygens (including phenoxy) is 1. The second-order valence-electron chi connectivity index (χ2n) is 8.49. The van der Waals surface area contributed by atoms with Gasteiger partial charge in [0.05, 0.1) is 12.7 Å². The number of nitrogens with one attached hydrogen (secondary N) is 1. The summed E-state index contributed by atoms with van der Waals surface area (Å²) in [6.07, 6.45) is 7.90. The van der Waals surface area contributed by atoms with Crippen LogP contribution in [0.2, 0.25) is 0 Å². The van der Waals surface area contributed by atoms with Crippen LogP contribution in [0.15, 0.2) is 91.6 Å². The van der Waals surface area contributed by atoms with E-state index in [2.05, 4.69) is 88.9 Å². The lowest BCUT2D eigenvalue weighted by Crippen LogP contribution is -2.47. The van der Waals surface area contributed by atoms with Crippen LogP contribution in [-0.2, 0) is 11.3 Å². The highest BCUT2D eigenvalue weighted by atomic mass is 16.5. The van der Waals surface area contributed by atoms with Crippen LogP contribution in [0.4, 0.5) is 5.69 Å². The van der Waals surface area contributed by atoms with Gasteiger partial charge in [-0.3, -0.25) is 4.90 Å². The van der Waals surface area contributed by atoms with E-state index < -0.39 is 0 Å². The van der Waals surface area contributed by atoms with E-state index in [-0.39, 0.29) is 6.10 Å². The van der Waals surface area contributed by atoms with Crippen LogP contribution in [-0.4, -0.2) is 51.2 Å². The van der Waals surface area contributed by atoms with Gasteiger partial charge in [-0.05, 0) is 43.6 Å². The summed E-state index contributed by atoms with van der Waals surface area (Å²) >= 11 is 0. The predicted octanol–water partition coefficient (Wildman–Crippen LogP) is 5.36. The van der Waals surface area contributed by atoms with Gasteiger partial charge < -0.3 is 15.0 Å². The molecule has 1 atom stereocenters. The van der Waals surface area contributed by atoms with Crippen molar-refractivity contribution in [1.82, 2.24) is 10.2 Å². The molecular weight excluding hydrogens is 406 g/mol. The lowest BCUT2D eigenvalue weighted by atomic mass is 10.1. The zero-order chi connectivity index (χ0) is 23.3. The third kappa shape index (κ3) is 7.71. The van der Waals surface area contributed by atoms with Crippen molar-refractivity contribution in [3.8, 4) is 0 Å². The molecule has 1 aliphatic heterocycles. The summed E-state index contributed by atoms with van der Waals surface area (Å²) in [7, 11) is 1.99. The number of nitrogens with zero attached hydrogens (tertiary/aromatic N) is 2. The molecule has 1 aliphatic rings. The van der Waals surface area contributed by atoms with Crippen molar-refractivity contribution >= 4 is 5.69 Å². The van der Waals surface area contributed by atoms with Crippen LogP contribution < -0.4 is 10.2 Å². The molecule has 3 rings (SSSR count). The minimum atomic E-state index is 0.0891. The smallest absolute Gasteiger partial charge is 0.0841 e. The van der Waals surface area contributed by atoms with Gasteiger partial charge in [0.15, 0.2) is 0 Å². The van der Waals surface area contributed by atoms with Crippen molar-refractivity contribution in [2.24, 2.45) is 0 Å². The average Bonchev–Trinajstić information content (AvgIpc) is 2.87. The predicted molar refractivity (Wildman–Crippen MR) is 141 cm³/mol. The molecule has 0 aromatic heterocycles. The number of anilines is 1. The van der Waals surface area contributed by atoms with E-state index in [0.717, 1.165) is 52.1 Å². The fourth-order valence-corrected chi connectivity index (χ4v) is 4.33. The summed E-state index contributed by atoms with van der Waals surface area (Å²) in [6.45, 7) is 14.5. The first-order chi connectivity index (χ1) is 16.2. The Hall–Kier alpha value is -2.66. The molecule has 2 aromatic carbocycles. The number of rotatable bonds is 13. The lowest BCUT2D eigenvalue weighted by molar-refractivity contribution is 0.0345. The molecule has 33 heavy (non-hydrogen) atoms. The van der Waals surface area contributed by atoms with Gasteiger partial charge in [0, 0.05) is 44.0 Å². The van der Waals surface area contributed by atoms with Gasteiger partial charge in [0.25, 0.3) is 0 Å². The first kappa shape index (κ1) is 25.0. The molecule has 1 fully saturated rings. The molecule has 1 saturated heterocycles. The van der Waals surface area contributed by atoms with Crippen LogP contribution in [0.5, 0.6) is 0 Å². The van der Waals surface area contributed by atoms with Crippen LogP contribution in [0.1, 0.15) is 30.1 Å². The van der Waals surface area contributed by atoms with Crippen molar-refractivity contribution in [3.63, 3.8) is 0 Å². The van der Waals surface area contributed by atoms with E-state index in [0.29, 0.717) is 6.61 Å². The molecule has 0 saturated carbocycles. The van der Waals surface area contributed by atoms with Crippen LogP contribution >= 0.6 is 0 Å². The normalized spacial score (nSPS) is 15.9. The summed E-state index contributed by atoms with van der Waals surface area (Å²) in [5.41, 5.74) is 5.06. The molecule has 4 heteroatoms. The van der Waals surface area contributed by atoms with E-state index in [9.17, 15) is 0 Å². The Bertz CT molecular complexity index is 885. The Morgan fingerprint density at radius 2 is 1.76 bits per heavy atom. The molecule has 0 bridgehead atoms. The first-order valence-corrected chi connectivity index (χ1v) is 12.1.